The molecule has 0 aliphatic carbocycles. The van der Waals surface area contributed by atoms with Crippen LogP contribution in [0.4, 0.5) is 0 Å². The zero-order chi connectivity index (χ0) is 18.6. The van der Waals surface area contributed by atoms with E-state index in [-0.39, 0.29) is 17.9 Å². The van der Waals surface area contributed by atoms with E-state index in [9.17, 15) is 10.0 Å². The lowest BCUT2D eigenvalue weighted by Gasteiger charge is -2.35. The maximum atomic E-state index is 12.5. The standard InChI is InChI=1S/C23H37NO2/c1-2-3-4-5-6-7-8-9-10-12-17-21-18-19-22(24(26)23(21)25)20-15-13-11-14-16-20/h11,13-16,21-22,26H,2-10,12,17-19H2,1H3. The SMILES string of the molecule is CCCCCCCCCCCCC1CCC(c2ccccc2)N(O)C1=O. The molecule has 1 aromatic rings. The van der Waals surface area contributed by atoms with Gasteiger partial charge in [0.25, 0.3) is 0 Å². The van der Waals surface area contributed by atoms with E-state index in [1.807, 2.05) is 30.3 Å². The molecule has 1 heterocycles. The van der Waals surface area contributed by atoms with Gasteiger partial charge in [0, 0.05) is 5.92 Å². The van der Waals surface area contributed by atoms with Crippen LogP contribution in [0.5, 0.6) is 0 Å². The molecule has 1 amide bonds. The minimum absolute atomic E-state index is 0.00834. The van der Waals surface area contributed by atoms with Gasteiger partial charge in [-0.05, 0) is 24.8 Å². The summed E-state index contributed by atoms with van der Waals surface area (Å²) in [6.45, 7) is 2.26. The molecular weight excluding hydrogens is 322 g/mol. The minimum Gasteiger partial charge on any atom is -0.285 e. The van der Waals surface area contributed by atoms with Crippen LogP contribution in [-0.4, -0.2) is 16.2 Å². The maximum absolute atomic E-state index is 12.5. The van der Waals surface area contributed by atoms with Gasteiger partial charge in [-0.25, -0.2) is 5.06 Å². The van der Waals surface area contributed by atoms with Gasteiger partial charge in [-0.3, -0.25) is 10.0 Å². The Morgan fingerprint density at radius 1 is 0.885 bits per heavy atom. The fraction of sp³-hybridized carbons (Fsp3) is 0.696. The molecule has 1 fully saturated rings. The Labute approximate surface area is 159 Å². The lowest BCUT2D eigenvalue weighted by atomic mass is 9.86. The predicted molar refractivity (Wildman–Crippen MR) is 107 cm³/mol. The van der Waals surface area contributed by atoms with Crippen LogP contribution in [0.1, 0.15) is 102 Å². The number of hydrogen-bond donors (Lipinski definition) is 1. The van der Waals surface area contributed by atoms with Crippen LogP contribution < -0.4 is 0 Å². The van der Waals surface area contributed by atoms with Gasteiger partial charge in [-0.2, -0.15) is 0 Å². The van der Waals surface area contributed by atoms with Crippen molar-refractivity contribution in [3.8, 4) is 0 Å². The molecule has 0 bridgehead atoms. The molecular formula is C23H37NO2. The van der Waals surface area contributed by atoms with Crippen molar-refractivity contribution in [2.24, 2.45) is 5.92 Å². The third kappa shape index (κ3) is 6.75. The largest absolute Gasteiger partial charge is 0.285 e. The molecule has 2 rings (SSSR count). The molecule has 0 radical (unpaired) electrons. The Morgan fingerprint density at radius 2 is 1.46 bits per heavy atom. The maximum Gasteiger partial charge on any atom is 0.249 e. The molecule has 2 unspecified atom stereocenters. The first-order valence-electron chi connectivity index (χ1n) is 10.8. The van der Waals surface area contributed by atoms with Crippen molar-refractivity contribution in [1.82, 2.24) is 5.06 Å². The zero-order valence-corrected chi connectivity index (χ0v) is 16.5. The first-order chi connectivity index (χ1) is 12.7. The first kappa shape index (κ1) is 21.0. The normalized spacial score (nSPS) is 20.5. The monoisotopic (exact) mass is 359 g/mol. The van der Waals surface area contributed by atoms with Crippen LogP contribution in [-0.2, 0) is 4.79 Å². The summed E-state index contributed by atoms with van der Waals surface area (Å²) in [6.07, 6.45) is 15.8. The molecule has 0 spiro atoms. The Hall–Kier alpha value is -1.35. The highest BCUT2D eigenvalue weighted by atomic mass is 16.5. The van der Waals surface area contributed by atoms with Gasteiger partial charge in [-0.1, -0.05) is 101 Å². The summed E-state index contributed by atoms with van der Waals surface area (Å²) >= 11 is 0. The molecule has 1 aliphatic heterocycles. The summed E-state index contributed by atoms with van der Waals surface area (Å²) in [5.41, 5.74) is 1.03. The van der Waals surface area contributed by atoms with Crippen molar-refractivity contribution < 1.29 is 10.0 Å². The van der Waals surface area contributed by atoms with Gasteiger partial charge in [0.05, 0.1) is 6.04 Å². The summed E-state index contributed by atoms with van der Waals surface area (Å²) in [5, 5.41) is 11.3. The summed E-state index contributed by atoms with van der Waals surface area (Å²) < 4.78 is 0. The summed E-state index contributed by atoms with van der Waals surface area (Å²) in [5.74, 6) is -0.0740. The molecule has 26 heavy (non-hydrogen) atoms. The molecule has 1 saturated heterocycles. The Kier molecular flexibility index (Phi) is 9.76. The number of carbonyl (C=O) groups is 1. The molecule has 3 heteroatoms. The average Bonchev–Trinajstić information content (AvgIpc) is 2.67. The number of hydroxylamine groups is 2. The molecule has 146 valence electrons. The molecule has 0 aromatic heterocycles. The highest BCUT2D eigenvalue weighted by molar-refractivity contribution is 5.78. The highest BCUT2D eigenvalue weighted by Gasteiger charge is 2.34. The number of benzene rings is 1. The van der Waals surface area contributed by atoms with Gasteiger partial charge in [0.15, 0.2) is 0 Å². The third-order valence-corrected chi connectivity index (χ3v) is 5.75. The minimum atomic E-state index is -0.173. The molecule has 2 atom stereocenters. The van der Waals surface area contributed by atoms with Crippen molar-refractivity contribution in [3.63, 3.8) is 0 Å². The molecule has 1 aromatic carbocycles. The van der Waals surface area contributed by atoms with Crippen LogP contribution in [0.2, 0.25) is 0 Å². The highest BCUT2D eigenvalue weighted by Crippen LogP contribution is 2.34. The van der Waals surface area contributed by atoms with E-state index >= 15 is 0 Å². The van der Waals surface area contributed by atoms with Gasteiger partial charge in [0.2, 0.25) is 5.91 Å². The van der Waals surface area contributed by atoms with E-state index in [2.05, 4.69) is 6.92 Å². The Bertz CT molecular complexity index is 502. The summed E-state index contributed by atoms with van der Waals surface area (Å²) in [7, 11) is 0. The number of rotatable bonds is 12. The van der Waals surface area contributed by atoms with Gasteiger partial charge >= 0.3 is 0 Å². The van der Waals surface area contributed by atoms with Crippen molar-refractivity contribution >= 4 is 5.91 Å². The molecule has 1 aliphatic rings. The van der Waals surface area contributed by atoms with Crippen molar-refractivity contribution in [2.45, 2.75) is 96.4 Å². The smallest absolute Gasteiger partial charge is 0.249 e. The third-order valence-electron chi connectivity index (χ3n) is 5.75. The molecule has 0 saturated carbocycles. The second-order valence-electron chi connectivity index (χ2n) is 7.85. The van der Waals surface area contributed by atoms with E-state index in [0.717, 1.165) is 36.3 Å². The van der Waals surface area contributed by atoms with Crippen LogP contribution in [0.15, 0.2) is 30.3 Å². The quantitative estimate of drug-likeness (QED) is 0.334. The fourth-order valence-electron chi connectivity index (χ4n) is 4.07. The van der Waals surface area contributed by atoms with Gasteiger partial charge in [-0.15, -0.1) is 0 Å². The lowest BCUT2D eigenvalue weighted by Crippen LogP contribution is -2.41. The van der Waals surface area contributed by atoms with Crippen LogP contribution >= 0.6 is 0 Å². The van der Waals surface area contributed by atoms with Crippen LogP contribution in [0.3, 0.4) is 0 Å². The van der Waals surface area contributed by atoms with Crippen molar-refractivity contribution in [1.29, 1.82) is 0 Å². The number of hydrogen-bond acceptors (Lipinski definition) is 2. The average molecular weight is 360 g/mol. The van der Waals surface area contributed by atoms with Crippen LogP contribution in [0.25, 0.3) is 0 Å². The summed E-state index contributed by atoms with van der Waals surface area (Å²) in [6, 6.07) is 9.69. The predicted octanol–water partition coefficient (Wildman–Crippen LogP) is 6.67. The second-order valence-corrected chi connectivity index (χ2v) is 7.85. The zero-order valence-electron chi connectivity index (χ0n) is 16.5. The van der Waals surface area contributed by atoms with Crippen molar-refractivity contribution in [2.75, 3.05) is 0 Å². The number of piperidine rings is 1. The van der Waals surface area contributed by atoms with E-state index in [1.165, 1.54) is 57.8 Å². The van der Waals surface area contributed by atoms with E-state index in [4.69, 9.17) is 0 Å². The fourth-order valence-corrected chi connectivity index (χ4v) is 4.07. The van der Waals surface area contributed by atoms with E-state index in [1.54, 1.807) is 0 Å². The topological polar surface area (TPSA) is 40.5 Å². The molecule has 1 N–H and O–H groups in total. The first-order valence-corrected chi connectivity index (χ1v) is 10.8. The van der Waals surface area contributed by atoms with E-state index in [0.29, 0.717) is 0 Å². The number of nitrogens with zero attached hydrogens (tertiary/aromatic N) is 1. The Morgan fingerprint density at radius 3 is 2.08 bits per heavy atom. The number of unbranched alkanes of at least 4 members (excludes halogenated alkanes) is 9. The number of amides is 1. The second kappa shape index (κ2) is 12.1. The van der Waals surface area contributed by atoms with Crippen LogP contribution in [0, 0.1) is 5.92 Å². The number of carbonyl (C=O) groups excluding carboxylic acids is 1. The van der Waals surface area contributed by atoms with Crippen molar-refractivity contribution in [3.05, 3.63) is 35.9 Å². The Balaban J connectivity index is 1.58. The van der Waals surface area contributed by atoms with Gasteiger partial charge in [0.1, 0.15) is 0 Å². The van der Waals surface area contributed by atoms with Gasteiger partial charge < -0.3 is 0 Å². The molecule has 3 nitrogen and oxygen atoms in total. The summed E-state index contributed by atoms with van der Waals surface area (Å²) in [4.78, 5) is 12.5. The van der Waals surface area contributed by atoms with E-state index < -0.39 is 0 Å². The lowest BCUT2D eigenvalue weighted by molar-refractivity contribution is -0.190.